The van der Waals surface area contributed by atoms with Gasteiger partial charge in [-0.2, -0.15) is 4.98 Å². The first-order chi connectivity index (χ1) is 13.6. The number of nitro benzene ring substituents is 1. The standard InChI is InChI=1S/C19H17N3O3S3/c23-17-16-14-3-1-2-4-15(14)28-18(16)21-12(10-27-19(21)20-17)9-26-13-7-5-11(6-8-13)22(24)25/h5-8,12H,1-4,9-10H2/t12-/m0/s1. The molecule has 2 aliphatic rings. The maximum absolute atomic E-state index is 12.7. The van der Waals surface area contributed by atoms with Gasteiger partial charge in [0.2, 0.25) is 0 Å². The Bertz CT molecular complexity index is 1140. The van der Waals surface area contributed by atoms with Crippen LogP contribution in [0.5, 0.6) is 0 Å². The second-order valence-corrected chi connectivity index (χ2v) is 10.2. The minimum absolute atomic E-state index is 0.0724. The molecule has 0 bridgehead atoms. The summed E-state index contributed by atoms with van der Waals surface area (Å²) >= 11 is 5.11. The third-order valence-corrected chi connectivity index (χ3v) is 8.79. The second-order valence-electron chi connectivity index (χ2n) is 6.99. The van der Waals surface area contributed by atoms with E-state index in [9.17, 15) is 14.9 Å². The summed E-state index contributed by atoms with van der Waals surface area (Å²) in [5.74, 6) is 1.74. The van der Waals surface area contributed by atoms with Gasteiger partial charge in [-0.05, 0) is 43.4 Å². The number of hydrogen-bond acceptors (Lipinski definition) is 7. The molecule has 0 unspecified atom stereocenters. The quantitative estimate of drug-likeness (QED) is 0.258. The van der Waals surface area contributed by atoms with Crippen molar-refractivity contribution in [3.8, 4) is 0 Å². The average molecular weight is 432 g/mol. The lowest BCUT2D eigenvalue weighted by molar-refractivity contribution is -0.384. The Morgan fingerprint density at radius 3 is 2.82 bits per heavy atom. The van der Waals surface area contributed by atoms with Crippen molar-refractivity contribution >= 4 is 50.8 Å². The van der Waals surface area contributed by atoms with Gasteiger partial charge in [0.05, 0.1) is 16.4 Å². The number of nitrogens with zero attached hydrogens (tertiary/aromatic N) is 3. The van der Waals surface area contributed by atoms with E-state index in [1.807, 2.05) is 0 Å². The molecule has 0 N–H and O–H groups in total. The summed E-state index contributed by atoms with van der Waals surface area (Å²) in [7, 11) is 0. The van der Waals surface area contributed by atoms with Crippen molar-refractivity contribution in [1.82, 2.24) is 9.55 Å². The zero-order valence-electron chi connectivity index (χ0n) is 14.9. The number of thioether (sulfide) groups is 2. The Morgan fingerprint density at radius 2 is 2.04 bits per heavy atom. The van der Waals surface area contributed by atoms with Gasteiger partial charge in [-0.1, -0.05) is 11.8 Å². The van der Waals surface area contributed by atoms with Crippen LogP contribution in [0.15, 0.2) is 39.1 Å². The van der Waals surface area contributed by atoms with E-state index in [1.54, 1.807) is 59.1 Å². The first kappa shape index (κ1) is 18.2. The first-order valence-corrected chi connectivity index (χ1v) is 12.0. The molecule has 1 aromatic carbocycles. The van der Waals surface area contributed by atoms with Crippen LogP contribution in [0.2, 0.25) is 0 Å². The van der Waals surface area contributed by atoms with Gasteiger partial charge in [0.15, 0.2) is 5.16 Å². The van der Waals surface area contributed by atoms with Crippen LogP contribution in [0.25, 0.3) is 10.2 Å². The fraction of sp³-hybridized carbons (Fsp3) is 0.368. The molecule has 9 heteroatoms. The number of aryl methyl sites for hydroxylation is 2. The van der Waals surface area contributed by atoms with E-state index in [4.69, 9.17) is 0 Å². The van der Waals surface area contributed by atoms with Crippen LogP contribution in [-0.4, -0.2) is 26.0 Å². The fourth-order valence-corrected chi connectivity index (χ4v) is 7.65. The molecular weight excluding hydrogens is 414 g/mol. The van der Waals surface area contributed by atoms with E-state index in [0.717, 1.165) is 51.0 Å². The number of rotatable bonds is 4. The van der Waals surface area contributed by atoms with E-state index in [2.05, 4.69) is 9.55 Å². The third-order valence-electron chi connectivity index (χ3n) is 5.25. The maximum atomic E-state index is 12.7. The molecule has 3 heterocycles. The lowest BCUT2D eigenvalue weighted by Crippen LogP contribution is -2.17. The van der Waals surface area contributed by atoms with Crippen molar-refractivity contribution in [3.63, 3.8) is 0 Å². The second kappa shape index (κ2) is 7.20. The van der Waals surface area contributed by atoms with Crippen LogP contribution < -0.4 is 5.56 Å². The van der Waals surface area contributed by atoms with Gasteiger partial charge in [0.25, 0.3) is 11.2 Å². The van der Waals surface area contributed by atoms with E-state index >= 15 is 0 Å². The Morgan fingerprint density at radius 1 is 1.25 bits per heavy atom. The molecule has 1 aliphatic carbocycles. The summed E-state index contributed by atoms with van der Waals surface area (Å²) in [5, 5.41) is 12.5. The molecule has 0 fully saturated rings. The summed E-state index contributed by atoms with van der Waals surface area (Å²) < 4.78 is 2.27. The van der Waals surface area contributed by atoms with Gasteiger partial charge in [0, 0.05) is 33.4 Å². The molecule has 0 radical (unpaired) electrons. The van der Waals surface area contributed by atoms with Gasteiger partial charge in [-0.3, -0.25) is 14.9 Å². The van der Waals surface area contributed by atoms with Crippen molar-refractivity contribution in [2.45, 2.75) is 41.8 Å². The van der Waals surface area contributed by atoms with Crippen LogP contribution in [0, 0.1) is 10.1 Å². The van der Waals surface area contributed by atoms with Gasteiger partial charge in [-0.25, -0.2) is 0 Å². The van der Waals surface area contributed by atoms with Gasteiger partial charge >= 0.3 is 0 Å². The maximum Gasteiger partial charge on any atom is 0.282 e. The number of fused-ring (bicyclic) bond motifs is 5. The van der Waals surface area contributed by atoms with E-state index < -0.39 is 0 Å². The fourth-order valence-electron chi connectivity index (χ4n) is 3.87. The molecule has 6 nitrogen and oxygen atoms in total. The number of non-ortho nitro benzene ring substituents is 1. The van der Waals surface area contributed by atoms with Gasteiger partial charge in [0.1, 0.15) is 4.83 Å². The number of hydrogen-bond donors (Lipinski definition) is 0. The molecule has 5 rings (SSSR count). The molecular formula is C19H17N3O3S3. The lowest BCUT2D eigenvalue weighted by Gasteiger charge is -2.15. The Hall–Kier alpha value is -1.84. The lowest BCUT2D eigenvalue weighted by atomic mass is 9.97. The molecule has 1 aliphatic heterocycles. The van der Waals surface area contributed by atoms with Crippen LogP contribution in [0.4, 0.5) is 5.69 Å². The van der Waals surface area contributed by atoms with Crippen molar-refractivity contribution in [2.24, 2.45) is 0 Å². The Balaban J connectivity index is 1.46. The van der Waals surface area contributed by atoms with Crippen molar-refractivity contribution in [2.75, 3.05) is 11.5 Å². The van der Waals surface area contributed by atoms with Crippen LogP contribution in [0.1, 0.15) is 29.3 Å². The summed E-state index contributed by atoms with van der Waals surface area (Å²) in [6.07, 6.45) is 4.40. The topological polar surface area (TPSA) is 78.0 Å². The Kier molecular flexibility index (Phi) is 4.68. The molecule has 0 amide bonds. The van der Waals surface area contributed by atoms with Gasteiger partial charge < -0.3 is 4.57 Å². The predicted octanol–water partition coefficient (Wildman–Crippen LogP) is 4.68. The minimum Gasteiger partial charge on any atom is -0.307 e. The SMILES string of the molecule is O=c1nc2n(c3sc4c(c13)CCCC4)[C@@H](CSc1ccc([N+](=O)[O-])cc1)CS2. The normalized spacial score (nSPS) is 18.2. The zero-order valence-corrected chi connectivity index (χ0v) is 17.4. The smallest absolute Gasteiger partial charge is 0.282 e. The van der Waals surface area contributed by atoms with Crippen LogP contribution in [0.3, 0.4) is 0 Å². The number of thiophene rings is 1. The number of aromatic nitrogens is 2. The number of nitro groups is 1. The largest absolute Gasteiger partial charge is 0.307 e. The molecule has 1 atom stereocenters. The summed E-state index contributed by atoms with van der Waals surface area (Å²) in [5.41, 5.74) is 1.27. The highest BCUT2D eigenvalue weighted by Crippen LogP contribution is 2.42. The summed E-state index contributed by atoms with van der Waals surface area (Å²) in [6, 6.07) is 6.95. The molecule has 28 heavy (non-hydrogen) atoms. The monoisotopic (exact) mass is 431 g/mol. The Labute approximate surface area is 173 Å². The highest BCUT2D eigenvalue weighted by molar-refractivity contribution is 8.00. The first-order valence-electron chi connectivity index (χ1n) is 9.18. The zero-order chi connectivity index (χ0) is 19.3. The molecule has 0 saturated carbocycles. The minimum atomic E-state index is -0.379. The molecule has 0 saturated heterocycles. The molecule has 144 valence electrons. The van der Waals surface area contributed by atoms with Crippen LogP contribution >= 0.6 is 34.9 Å². The van der Waals surface area contributed by atoms with Crippen molar-refractivity contribution < 1.29 is 4.92 Å². The highest BCUT2D eigenvalue weighted by Gasteiger charge is 2.29. The summed E-state index contributed by atoms with van der Waals surface area (Å²) in [6.45, 7) is 0. The highest BCUT2D eigenvalue weighted by atomic mass is 32.2. The van der Waals surface area contributed by atoms with Crippen molar-refractivity contribution in [3.05, 3.63) is 55.2 Å². The summed E-state index contributed by atoms with van der Waals surface area (Å²) in [4.78, 5) is 30.9. The number of benzene rings is 1. The average Bonchev–Trinajstić information content (AvgIpc) is 3.28. The molecule has 2 aromatic heterocycles. The van der Waals surface area contributed by atoms with E-state index in [1.165, 1.54) is 16.9 Å². The van der Waals surface area contributed by atoms with Crippen molar-refractivity contribution in [1.29, 1.82) is 0 Å². The third kappa shape index (κ3) is 3.05. The molecule has 0 spiro atoms. The van der Waals surface area contributed by atoms with Crippen LogP contribution in [-0.2, 0) is 12.8 Å². The molecule has 3 aromatic rings. The van der Waals surface area contributed by atoms with E-state index in [0.29, 0.717) is 0 Å². The predicted molar refractivity (Wildman–Crippen MR) is 114 cm³/mol. The van der Waals surface area contributed by atoms with E-state index in [-0.39, 0.29) is 22.2 Å². The van der Waals surface area contributed by atoms with Gasteiger partial charge in [-0.15, -0.1) is 23.1 Å².